The molecule has 0 radical (unpaired) electrons. The second-order valence-electron chi connectivity index (χ2n) is 6.80. The number of hydrogen-bond acceptors (Lipinski definition) is 4. The van der Waals surface area contributed by atoms with Gasteiger partial charge in [0.05, 0.1) is 16.7 Å². The van der Waals surface area contributed by atoms with Gasteiger partial charge in [0.15, 0.2) is 5.82 Å². The number of hydrogen-bond donors (Lipinski definition) is 1. The molecule has 1 fully saturated rings. The quantitative estimate of drug-likeness (QED) is 0.755. The SMILES string of the molecule is Cc1noc(-c2ccccc2NC(=O)C2(c3ccccc3)CCCC2)n1. The van der Waals surface area contributed by atoms with E-state index < -0.39 is 5.41 Å². The van der Waals surface area contributed by atoms with Crippen molar-refractivity contribution in [1.82, 2.24) is 10.1 Å². The fourth-order valence-corrected chi connectivity index (χ4v) is 3.81. The van der Waals surface area contributed by atoms with Gasteiger partial charge >= 0.3 is 0 Å². The maximum Gasteiger partial charge on any atom is 0.260 e. The average molecular weight is 347 g/mol. The van der Waals surface area contributed by atoms with Crippen molar-refractivity contribution in [2.45, 2.75) is 38.0 Å². The Balaban J connectivity index is 1.68. The molecule has 3 aromatic rings. The molecule has 0 atom stereocenters. The van der Waals surface area contributed by atoms with Crippen LogP contribution >= 0.6 is 0 Å². The van der Waals surface area contributed by atoms with Crippen LogP contribution in [0.3, 0.4) is 0 Å². The number of aryl methyl sites for hydroxylation is 1. The largest absolute Gasteiger partial charge is 0.334 e. The van der Waals surface area contributed by atoms with Crippen molar-refractivity contribution in [2.24, 2.45) is 0 Å². The lowest BCUT2D eigenvalue weighted by atomic mass is 9.78. The van der Waals surface area contributed by atoms with Crippen molar-refractivity contribution in [2.75, 3.05) is 5.32 Å². The Morgan fingerprint density at radius 1 is 1.04 bits per heavy atom. The Bertz CT molecular complexity index is 912. The molecule has 1 amide bonds. The molecule has 5 nitrogen and oxygen atoms in total. The fourth-order valence-electron chi connectivity index (χ4n) is 3.81. The lowest BCUT2D eigenvalue weighted by Crippen LogP contribution is -2.38. The Hall–Kier alpha value is -2.95. The van der Waals surface area contributed by atoms with Gasteiger partial charge in [-0.25, -0.2) is 0 Å². The summed E-state index contributed by atoms with van der Waals surface area (Å²) in [4.78, 5) is 17.6. The zero-order chi connectivity index (χ0) is 18.0. The summed E-state index contributed by atoms with van der Waals surface area (Å²) in [6.07, 6.45) is 3.86. The van der Waals surface area contributed by atoms with Crippen LogP contribution in [-0.4, -0.2) is 16.0 Å². The monoisotopic (exact) mass is 347 g/mol. The van der Waals surface area contributed by atoms with E-state index in [9.17, 15) is 4.79 Å². The number of nitrogens with zero attached hydrogens (tertiary/aromatic N) is 2. The van der Waals surface area contributed by atoms with E-state index in [1.54, 1.807) is 6.92 Å². The van der Waals surface area contributed by atoms with Gasteiger partial charge < -0.3 is 9.84 Å². The minimum absolute atomic E-state index is 0.0323. The Morgan fingerprint density at radius 3 is 2.42 bits per heavy atom. The third kappa shape index (κ3) is 2.90. The van der Waals surface area contributed by atoms with E-state index in [-0.39, 0.29) is 5.91 Å². The van der Waals surface area contributed by atoms with Crippen LogP contribution in [0.4, 0.5) is 5.69 Å². The molecular weight excluding hydrogens is 326 g/mol. The molecule has 26 heavy (non-hydrogen) atoms. The van der Waals surface area contributed by atoms with Crippen LogP contribution in [0.5, 0.6) is 0 Å². The molecule has 4 rings (SSSR count). The number of carbonyl (C=O) groups is 1. The van der Waals surface area contributed by atoms with Crippen LogP contribution in [0.2, 0.25) is 0 Å². The van der Waals surface area contributed by atoms with E-state index >= 15 is 0 Å². The molecule has 0 bridgehead atoms. The number of carbonyl (C=O) groups excluding carboxylic acids is 1. The van der Waals surface area contributed by atoms with Crippen LogP contribution in [0.1, 0.15) is 37.1 Å². The summed E-state index contributed by atoms with van der Waals surface area (Å²) in [5.41, 5.74) is 2.05. The van der Waals surface area contributed by atoms with Crippen molar-refractivity contribution in [3.05, 3.63) is 66.0 Å². The number of amides is 1. The molecule has 1 aliphatic rings. The van der Waals surface area contributed by atoms with E-state index in [0.717, 1.165) is 36.8 Å². The minimum atomic E-state index is -0.473. The zero-order valence-electron chi connectivity index (χ0n) is 14.7. The molecule has 1 saturated carbocycles. The van der Waals surface area contributed by atoms with Gasteiger partial charge in [-0.05, 0) is 37.5 Å². The van der Waals surface area contributed by atoms with E-state index in [0.29, 0.717) is 17.4 Å². The lowest BCUT2D eigenvalue weighted by molar-refractivity contribution is -0.121. The van der Waals surface area contributed by atoms with Gasteiger partial charge in [-0.15, -0.1) is 0 Å². The number of aromatic nitrogens is 2. The first-order chi connectivity index (χ1) is 12.7. The van der Waals surface area contributed by atoms with E-state index in [1.165, 1.54) is 0 Å². The smallest absolute Gasteiger partial charge is 0.260 e. The molecule has 0 aliphatic heterocycles. The van der Waals surface area contributed by atoms with Crippen molar-refractivity contribution >= 4 is 11.6 Å². The maximum atomic E-state index is 13.3. The second kappa shape index (κ2) is 6.75. The molecule has 1 aromatic heterocycles. The fraction of sp³-hybridized carbons (Fsp3) is 0.286. The predicted molar refractivity (Wildman–Crippen MR) is 99.7 cm³/mol. The van der Waals surface area contributed by atoms with E-state index in [4.69, 9.17) is 4.52 Å². The Morgan fingerprint density at radius 2 is 1.73 bits per heavy atom. The number of anilines is 1. The molecule has 2 aromatic carbocycles. The zero-order valence-corrected chi connectivity index (χ0v) is 14.7. The van der Waals surface area contributed by atoms with Crippen molar-refractivity contribution in [3.63, 3.8) is 0 Å². The van der Waals surface area contributed by atoms with Gasteiger partial charge in [-0.3, -0.25) is 4.79 Å². The third-order valence-electron chi connectivity index (χ3n) is 5.15. The summed E-state index contributed by atoms with van der Waals surface area (Å²) >= 11 is 0. The standard InChI is InChI=1S/C21H21N3O2/c1-15-22-19(26-24-15)17-11-5-6-12-18(17)23-20(25)21(13-7-8-14-21)16-9-3-2-4-10-16/h2-6,9-12H,7-8,13-14H2,1H3,(H,23,25). The summed E-state index contributed by atoms with van der Waals surface area (Å²) in [5, 5.41) is 6.99. The van der Waals surface area contributed by atoms with Crippen LogP contribution in [0.25, 0.3) is 11.5 Å². The third-order valence-corrected chi connectivity index (χ3v) is 5.15. The molecule has 132 valence electrons. The van der Waals surface area contributed by atoms with Crippen LogP contribution in [0.15, 0.2) is 59.1 Å². The summed E-state index contributed by atoms with van der Waals surface area (Å²) in [7, 11) is 0. The molecule has 5 heteroatoms. The molecule has 0 unspecified atom stereocenters. The highest BCUT2D eigenvalue weighted by molar-refractivity contribution is 6.01. The van der Waals surface area contributed by atoms with E-state index in [2.05, 4.69) is 27.6 Å². The first-order valence-electron chi connectivity index (χ1n) is 8.96. The summed E-state index contributed by atoms with van der Waals surface area (Å²) in [5.74, 6) is 1.01. The number of para-hydroxylation sites is 1. The molecule has 1 N–H and O–H groups in total. The molecule has 1 aliphatic carbocycles. The van der Waals surface area contributed by atoms with Gasteiger partial charge in [-0.1, -0.05) is 60.5 Å². The number of benzene rings is 2. The van der Waals surface area contributed by atoms with Crippen molar-refractivity contribution in [1.29, 1.82) is 0 Å². The predicted octanol–water partition coefficient (Wildman–Crippen LogP) is 4.50. The lowest BCUT2D eigenvalue weighted by Gasteiger charge is -2.28. The maximum absolute atomic E-state index is 13.3. The highest BCUT2D eigenvalue weighted by Crippen LogP contribution is 2.42. The molecule has 0 spiro atoms. The van der Waals surface area contributed by atoms with Gasteiger partial charge in [0, 0.05) is 0 Å². The van der Waals surface area contributed by atoms with Gasteiger partial charge in [0.25, 0.3) is 5.89 Å². The highest BCUT2D eigenvalue weighted by atomic mass is 16.5. The van der Waals surface area contributed by atoms with Crippen molar-refractivity contribution < 1.29 is 9.32 Å². The summed E-state index contributed by atoms with van der Waals surface area (Å²) in [6.45, 7) is 1.77. The summed E-state index contributed by atoms with van der Waals surface area (Å²) < 4.78 is 5.30. The van der Waals surface area contributed by atoms with Crippen LogP contribution in [-0.2, 0) is 10.2 Å². The first kappa shape index (κ1) is 16.5. The topological polar surface area (TPSA) is 68.0 Å². The minimum Gasteiger partial charge on any atom is -0.334 e. The molecule has 0 saturated heterocycles. The van der Waals surface area contributed by atoms with Gasteiger partial charge in [0.1, 0.15) is 0 Å². The Kier molecular flexibility index (Phi) is 4.29. The highest BCUT2D eigenvalue weighted by Gasteiger charge is 2.42. The van der Waals surface area contributed by atoms with E-state index in [1.807, 2.05) is 42.5 Å². The first-order valence-corrected chi connectivity index (χ1v) is 8.96. The van der Waals surface area contributed by atoms with Crippen LogP contribution < -0.4 is 5.32 Å². The van der Waals surface area contributed by atoms with Gasteiger partial charge in [-0.2, -0.15) is 4.98 Å². The number of rotatable bonds is 4. The van der Waals surface area contributed by atoms with Crippen LogP contribution in [0, 0.1) is 6.92 Å². The normalized spacial score (nSPS) is 15.7. The Labute approximate surface area is 152 Å². The average Bonchev–Trinajstić information content (AvgIpc) is 3.33. The summed E-state index contributed by atoms with van der Waals surface area (Å²) in [6, 6.07) is 17.6. The molecular formula is C21H21N3O2. The van der Waals surface area contributed by atoms with Crippen molar-refractivity contribution in [3.8, 4) is 11.5 Å². The second-order valence-corrected chi connectivity index (χ2v) is 6.80. The molecule has 1 heterocycles. The number of nitrogens with one attached hydrogen (secondary N) is 1. The van der Waals surface area contributed by atoms with Gasteiger partial charge in [0.2, 0.25) is 5.91 Å².